The number of fused-ring (bicyclic) bond motifs is 1. The van der Waals surface area contributed by atoms with E-state index in [0.717, 1.165) is 12.1 Å². The zero-order valence-electron chi connectivity index (χ0n) is 8.37. The maximum Gasteiger partial charge on any atom is 0.352 e. The van der Waals surface area contributed by atoms with Crippen molar-refractivity contribution in [1.29, 1.82) is 0 Å². The number of H-pyrrole nitrogens is 1. The standard InChI is InChI=1S/C11H8FNO3/c1-5-9(11(15)16)13-8-4-6(12)2-3-7(8)10(5)14/h2-4H,1H3,(H,13,14)(H,15,16). The summed E-state index contributed by atoms with van der Waals surface area (Å²) in [6.45, 7) is 1.42. The zero-order chi connectivity index (χ0) is 11.9. The summed E-state index contributed by atoms with van der Waals surface area (Å²) in [6.07, 6.45) is 0. The molecule has 0 amide bonds. The summed E-state index contributed by atoms with van der Waals surface area (Å²) in [5.41, 5.74) is -0.297. The number of carbonyl (C=O) groups is 1. The van der Waals surface area contributed by atoms with E-state index in [4.69, 9.17) is 5.11 Å². The average molecular weight is 221 g/mol. The smallest absolute Gasteiger partial charge is 0.352 e. The summed E-state index contributed by atoms with van der Waals surface area (Å²) in [5.74, 6) is -1.76. The summed E-state index contributed by atoms with van der Waals surface area (Å²) < 4.78 is 12.9. The van der Waals surface area contributed by atoms with Gasteiger partial charge >= 0.3 is 5.97 Å². The molecular formula is C11H8FNO3. The summed E-state index contributed by atoms with van der Waals surface area (Å²) >= 11 is 0. The molecule has 0 aliphatic rings. The van der Waals surface area contributed by atoms with E-state index >= 15 is 0 Å². The topological polar surface area (TPSA) is 70.2 Å². The number of rotatable bonds is 1. The highest BCUT2D eigenvalue weighted by Crippen LogP contribution is 2.12. The van der Waals surface area contributed by atoms with Crippen molar-refractivity contribution >= 4 is 16.9 Å². The number of pyridine rings is 1. The van der Waals surface area contributed by atoms with Crippen LogP contribution in [-0.2, 0) is 0 Å². The SMILES string of the molecule is Cc1c(C(=O)O)[nH]c2cc(F)ccc2c1=O. The van der Waals surface area contributed by atoms with Gasteiger partial charge < -0.3 is 10.1 Å². The van der Waals surface area contributed by atoms with Crippen molar-refractivity contribution in [3.63, 3.8) is 0 Å². The lowest BCUT2D eigenvalue weighted by atomic mass is 10.1. The van der Waals surface area contributed by atoms with Gasteiger partial charge in [0.1, 0.15) is 11.5 Å². The fourth-order valence-corrected chi connectivity index (χ4v) is 1.58. The normalized spacial score (nSPS) is 10.6. The first kappa shape index (κ1) is 10.4. The number of aromatic nitrogens is 1. The van der Waals surface area contributed by atoms with Crippen molar-refractivity contribution in [2.24, 2.45) is 0 Å². The van der Waals surface area contributed by atoms with Crippen LogP contribution in [0.5, 0.6) is 0 Å². The Balaban J connectivity index is 2.94. The lowest BCUT2D eigenvalue weighted by Crippen LogP contribution is -2.15. The minimum Gasteiger partial charge on any atom is -0.477 e. The van der Waals surface area contributed by atoms with E-state index in [1.165, 1.54) is 13.0 Å². The Kier molecular flexibility index (Phi) is 2.23. The van der Waals surface area contributed by atoms with Gasteiger partial charge in [0.2, 0.25) is 0 Å². The number of halogens is 1. The van der Waals surface area contributed by atoms with Crippen molar-refractivity contribution in [2.75, 3.05) is 0 Å². The van der Waals surface area contributed by atoms with Crippen LogP contribution in [0.2, 0.25) is 0 Å². The van der Waals surface area contributed by atoms with Crippen molar-refractivity contribution in [2.45, 2.75) is 6.92 Å². The van der Waals surface area contributed by atoms with Crippen molar-refractivity contribution in [3.05, 3.63) is 45.5 Å². The molecule has 0 aliphatic carbocycles. The molecule has 5 heteroatoms. The summed E-state index contributed by atoms with van der Waals surface area (Å²) in [6, 6.07) is 3.60. The fourth-order valence-electron chi connectivity index (χ4n) is 1.58. The Morgan fingerprint density at radius 3 is 2.75 bits per heavy atom. The minimum absolute atomic E-state index is 0.117. The van der Waals surface area contributed by atoms with Gasteiger partial charge in [-0.3, -0.25) is 4.79 Å². The van der Waals surface area contributed by atoms with E-state index in [9.17, 15) is 14.0 Å². The van der Waals surface area contributed by atoms with Crippen molar-refractivity contribution in [3.8, 4) is 0 Å². The van der Waals surface area contributed by atoms with Crippen LogP contribution in [0.25, 0.3) is 10.9 Å². The average Bonchev–Trinajstić information content (AvgIpc) is 2.22. The molecule has 4 nitrogen and oxygen atoms in total. The molecule has 1 aromatic heterocycles. The maximum atomic E-state index is 12.9. The largest absolute Gasteiger partial charge is 0.477 e. The first-order valence-electron chi connectivity index (χ1n) is 4.56. The lowest BCUT2D eigenvalue weighted by molar-refractivity contribution is 0.0690. The Morgan fingerprint density at radius 1 is 1.44 bits per heavy atom. The molecule has 2 aromatic rings. The molecule has 0 atom stereocenters. The van der Waals surface area contributed by atoms with E-state index in [-0.39, 0.29) is 22.2 Å². The van der Waals surface area contributed by atoms with E-state index in [0.29, 0.717) is 0 Å². The third kappa shape index (κ3) is 1.46. The quantitative estimate of drug-likeness (QED) is 0.769. The van der Waals surface area contributed by atoms with E-state index in [1.807, 2.05) is 0 Å². The maximum absolute atomic E-state index is 12.9. The van der Waals surface area contributed by atoms with E-state index in [1.54, 1.807) is 0 Å². The van der Waals surface area contributed by atoms with Gasteiger partial charge in [0.25, 0.3) is 0 Å². The van der Waals surface area contributed by atoms with Crippen molar-refractivity contribution < 1.29 is 14.3 Å². The summed E-state index contributed by atoms with van der Waals surface area (Å²) in [5, 5.41) is 9.14. The molecule has 0 bridgehead atoms. The Morgan fingerprint density at radius 2 is 2.12 bits per heavy atom. The van der Waals surface area contributed by atoms with Crippen LogP contribution in [0, 0.1) is 12.7 Å². The minimum atomic E-state index is -1.24. The van der Waals surface area contributed by atoms with Gasteiger partial charge in [-0.1, -0.05) is 0 Å². The number of hydrogen-bond acceptors (Lipinski definition) is 2. The molecule has 16 heavy (non-hydrogen) atoms. The van der Waals surface area contributed by atoms with E-state index < -0.39 is 17.2 Å². The predicted octanol–water partition coefficient (Wildman–Crippen LogP) is 1.67. The zero-order valence-corrected chi connectivity index (χ0v) is 8.37. The molecule has 0 unspecified atom stereocenters. The molecule has 1 heterocycles. The summed E-state index contributed by atoms with van der Waals surface area (Å²) in [4.78, 5) is 25.1. The first-order valence-corrected chi connectivity index (χ1v) is 4.56. The highest BCUT2D eigenvalue weighted by Gasteiger charge is 2.13. The molecule has 1 aromatic carbocycles. The second-order valence-electron chi connectivity index (χ2n) is 3.45. The number of hydrogen-bond donors (Lipinski definition) is 2. The number of benzene rings is 1. The highest BCUT2D eigenvalue weighted by atomic mass is 19.1. The molecular weight excluding hydrogens is 213 g/mol. The number of nitrogens with one attached hydrogen (secondary N) is 1. The van der Waals surface area contributed by atoms with Crippen LogP contribution in [-0.4, -0.2) is 16.1 Å². The second-order valence-corrected chi connectivity index (χ2v) is 3.45. The number of aromatic amines is 1. The third-order valence-corrected chi connectivity index (χ3v) is 2.42. The van der Waals surface area contributed by atoms with Gasteiger partial charge in [0.15, 0.2) is 5.43 Å². The molecule has 0 radical (unpaired) electrons. The van der Waals surface area contributed by atoms with Crippen LogP contribution in [0.4, 0.5) is 4.39 Å². The molecule has 2 rings (SSSR count). The molecule has 0 aliphatic heterocycles. The van der Waals surface area contributed by atoms with Gasteiger partial charge in [-0.2, -0.15) is 0 Å². The molecule has 0 saturated carbocycles. The third-order valence-electron chi connectivity index (χ3n) is 2.42. The van der Waals surface area contributed by atoms with Gasteiger partial charge in [-0.05, 0) is 25.1 Å². The summed E-state index contributed by atoms with van der Waals surface area (Å²) in [7, 11) is 0. The van der Waals surface area contributed by atoms with Crippen LogP contribution in [0.3, 0.4) is 0 Å². The van der Waals surface area contributed by atoms with Crippen molar-refractivity contribution in [1.82, 2.24) is 4.98 Å². The van der Waals surface area contributed by atoms with Crippen LogP contribution in [0.15, 0.2) is 23.0 Å². The highest BCUT2D eigenvalue weighted by molar-refractivity contribution is 5.91. The predicted molar refractivity (Wildman–Crippen MR) is 56.2 cm³/mol. The van der Waals surface area contributed by atoms with Gasteiger partial charge in [0, 0.05) is 10.9 Å². The molecule has 0 spiro atoms. The van der Waals surface area contributed by atoms with Gasteiger partial charge in [-0.15, -0.1) is 0 Å². The molecule has 0 fully saturated rings. The monoisotopic (exact) mass is 221 g/mol. The second kappa shape index (κ2) is 3.44. The van der Waals surface area contributed by atoms with Crippen LogP contribution in [0.1, 0.15) is 16.1 Å². The number of aromatic carboxylic acids is 1. The van der Waals surface area contributed by atoms with Gasteiger partial charge in [0.05, 0.1) is 5.52 Å². The number of carboxylic acid groups (broad SMARTS) is 1. The van der Waals surface area contributed by atoms with E-state index in [2.05, 4.69) is 4.98 Å². The Bertz CT molecular complexity index is 645. The lowest BCUT2D eigenvalue weighted by Gasteiger charge is -2.04. The Hall–Kier alpha value is -2.17. The van der Waals surface area contributed by atoms with Crippen LogP contribution >= 0.6 is 0 Å². The van der Waals surface area contributed by atoms with Crippen LogP contribution < -0.4 is 5.43 Å². The molecule has 0 saturated heterocycles. The van der Waals surface area contributed by atoms with Gasteiger partial charge in [-0.25, -0.2) is 9.18 Å². The molecule has 82 valence electrons. The Labute approximate surface area is 89.3 Å². The fraction of sp³-hybridized carbons (Fsp3) is 0.0909. The number of carboxylic acids is 1. The first-order chi connectivity index (χ1) is 7.50. The molecule has 2 N–H and O–H groups in total.